The highest BCUT2D eigenvalue weighted by molar-refractivity contribution is 4.85. The number of ether oxygens (including phenoxy) is 1. The zero-order valence-corrected chi connectivity index (χ0v) is 8.71. The third-order valence-electron chi connectivity index (χ3n) is 2.26. The van der Waals surface area contributed by atoms with Gasteiger partial charge in [-0.15, -0.1) is 0 Å². The number of morpholine rings is 1. The lowest BCUT2D eigenvalue weighted by Crippen LogP contribution is -2.49. The topological polar surface area (TPSA) is 36.3 Å². The fourth-order valence-electron chi connectivity index (χ4n) is 1.70. The van der Waals surface area contributed by atoms with Gasteiger partial charge in [-0.2, -0.15) is 5.26 Å². The average molecular weight is 182 g/mol. The van der Waals surface area contributed by atoms with E-state index in [1.165, 1.54) is 0 Å². The Morgan fingerprint density at radius 2 is 2.31 bits per heavy atom. The lowest BCUT2D eigenvalue weighted by atomic mass is 10.1. The molecule has 0 aromatic heterocycles. The van der Waals surface area contributed by atoms with E-state index in [0.717, 1.165) is 26.2 Å². The van der Waals surface area contributed by atoms with Gasteiger partial charge in [0.2, 0.25) is 0 Å². The molecular formula is C10H18N2O. The van der Waals surface area contributed by atoms with Crippen molar-refractivity contribution in [2.75, 3.05) is 26.2 Å². The Hall–Kier alpha value is -0.590. The van der Waals surface area contributed by atoms with E-state index in [9.17, 15) is 0 Å². The molecule has 0 amide bonds. The third kappa shape index (κ3) is 3.33. The SMILES string of the molecule is CC(C#N)CN1CCOC(C)(C)C1. The van der Waals surface area contributed by atoms with Crippen LogP contribution in [0.2, 0.25) is 0 Å². The second kappa shape index (κ2) is 4.08. The Balaban J connectivity index is 2.40. The first-order chi connectivity index (χ1) is 6.03. The first-order valence-corrected chi connectivity index (χ1v) is 4.79. The van der Waals surface area contributed by atoms with Crippen molar-refractivity contribution in [3.05, 3.63) is 0 Å². The van der Waals surface area contributed by atoms with Gasteiger partial charge in [0.15, 0.2) is 0 Å². The number of hydrogen-bond donors (Lipinski definition) is 0. The quantitative estimate of drug-likeness (QED) is 0.645. The summed E-state index contributed by atoms with van der Waals surface area (Å²) >= 11 is 0. The molecule has 1 aliphatic heterocycles. The normalized spacial score (nSPS) is 25.1. The van der Waals surface area contributed by atoms with Crippen molar-refractivity contribution in [1.82, 2.24) is 4.90 Å². The molecule has 1 unspecified atom stereocenters. The summed E-state index contributed by atoms with van der Waals surface area (Å²) in [5, 5.41) is 8.69. The van der Waals surface area contributed by atoms with E-state index in [4.69, 9.17) is 10.00 Å². The van der Waals surface area contributed by atoms with Crippen LogP contribution in [-0.2, 0) is 4.74 Å². The van der Waals surface area contributed by atoms with Crippen LogP contribution in [0.25, 0.3) is 0 Å². The predicted molar refractivity (Wildman–Crippen MR) is 51.2 cm³/mol. The van der Waals surface area contributed by atoms with E-state index in [1.54, 1.807) is 0 Å². The summed E-state index contributed by atoms with van der Waals surface area (Å²) < 4.78 is 5.59. The first-order valence-electron chi connectivity index (χ1n) is 4.79. The van der Waals surface area contributed by atoms with Crippen LogP contribution in [0.5, 0.6) is 0 Å². The lowest BCUT2D eigenvalue weighted by Gasteiger charge is -2.38. The molecule has 1 rings (SSSR count). The van der Waals surface area contributed by atoms with Crippen molar-refractivity contribution >= 4 is 0 Å². The minimum atomic E-state index is -0.0482. The molecule has 0 spiro atoms. The standard InChI is InChI=1S/C10H18N2O/c1-9(6-11)7-12-4-5-13-10(2,3)8-12/h9H,4-5,7-8H2,1-3H3. The van der Waals surface area contributed by atoms with E-state index < -0.39 is 0 Å². The van der Waals surface area contributed by atoms with Gasteiger partial charge in [0, 0.05) is 19.6 Å². The molecule has 0 N–H and O–H groups in total. The Morgan fingerprint density at radius 1 is 1.62 bits per heavy atom. The number of nitriles is 1. The van der Waals surface area contributed by atoms with Gasteiger partial charge in [-0.3, -0.25) is 4.90 Å². The molecule has 0 saturated carbocycles. The molecule has 0 aliphatic carbocycles. The van der Waals surface area contributed by atoms with Crippen LogP contribution >= 0.6 is 0 Å². The molecule has 74 valence electrons. The molecule has 1 heterocycles. The summed E-state index contributed by atoms with van der Waals surface area (Å²) in [4.78, 5) is 2.30. The van der Waals surface area contributed by atoms with Crippen LogP contribution in [0.3, 0.4) is 0 Å². The van der Waals surface area contributed by atoms with Crippen molar-refractivity contribution in [2.24, 2.45) is 5.92 Å². The maximum Gasteiger partial charge on any atom is 0.0753 e. The zero-order valence-electron chi connectivity index (χ0n) is 8.71. The fourth-order valence-corrected chi connectivity index (χ4v) is 1.70. The number of hydrogen-bond acceptors (Lipinski definition) is 3. The number of rotatable bonds is 2. The molecule has 13 heavy (non-hydrogen) atoms. The predicted octanol–water partition coefficient (Wildman–Crippen LogP) is 1.26. The van der Waals surface area contributed by atoms with Gasteiger partial charge in [0.25, 0.3) is 0 Å². The molecule has 1 aliphatic rings. The van der Waals surface area contributed by atoms with Gasteiger partial charge < -0.3 is 4.74 Å². The van der Waals surface area contributed by atoms with Gasteiger partial charge in [0.1, 0.15) is 0 Å². The summed E-state index contributed by atoms with van der Waals surface area (Å²) in [5.74, 6) is 0.119. The van der Waals surface area contributed by atoms with Gasteiger partial charge in [-0.25, -0.2) is 0 Å². The van der Waals surface area contributed by atoms with Crippen LogP contribution in [0, 0.1) is 17.2 Å². The molecular weight excluding hydrogens is 164 g/mol. The Labute approximate surface area is 80.3 Å². The summed E-state index contributed by atoms with van der Waals surface area (Å²) in [6.45, 7) is 9.68. The van der Waals surface area contributed by atoms with Gasteiger partial charge in [-0.1, -0.05) is 0 Å². The van der Waals surface area contributed by atoms with Crippen LogP contribution in [0.1, 0.15) is 20.8 Å². The maximum atomic E-state index is 8.69. The minimum Gasteiger partial charge on any atom is -0.373 e. The highest BCUT2D eigenvalue weighted by atomic mass is 16.5. The third-order valence-corrected chi connectivity index (χ3v) is 2.26. The fraction of sp³-hybridized carbons (Fsp3) is 0.900. The number of nitrogens with zero attached hydrogens (tertiary/aromatic N) is 2. The molecule has 1 fully saturated rings. The van der Waals surface area contributed by atoms with Gasteiger partial charge in [0.05, 0.1) is 24.2 Å². The monoisotopic (exact) mass is 182 g/mol. The molecule has 1 saturated heterocycles. The maximum absolute atomic E-state index is 8.69. The highest BCUT2D eigenvalue weighted by Crippen LogP contribution is 2.16. The Bertz CT molecular complexity index is 207. The second-order valence-corrected chi connectivity index (χ2v) is 4.37. The van der Waals surface area contributed by atoms with Crippen LogP contribution < -0.4 is 0 Å². The van der Waals surface area contributed by atoms with E-state index in [2.05, 4.69) is 24.8 Å². The summed E-state index contributed by atoms with van der Waals surface area (Å²) in [6, 6.07) is 2.26. The van der Waals surface area contributed by atoms with E-state index >= 15 is 0 Å². The van der Waals surface area contributed by atoms with Crippen LogP contribution in [0.15, 0.2) is 0 Å². The average Bonchev–Trinajstić information content (AvgIpc) is 2.02. The molecule has 0 aromatic rings. The molecule has 3 nitrogen and oxygen atoms in total. The van der Waals surface area contributed by atoms with Gasteiger partial charge in [-0.05, 0) is 20.8 Å². The van der Waals surface area contributed by atoms with Crippen LogP contribution in [-0.4, -0.2) is 36.7 Å². The molecule has 0 aromatic carbocycles. The molecule has 3 heteroatoms. The Kier molecular flexibility index (Phi) is 3.29. The van der Waals surface area contributed by atoms with Crippen molar-refractivity contribution in [3.8, 4) is 6.07 Å². The summed E-state index contributed by atoms with van der Waals surface area (Å²) in [6.07, 6.45) is 0. The first kappa shape index (κ1) is 10.5. The molecule has 1 atom stereocenters. The van der Waals surface area contributed by atoms with E-state index in [0.29, 0.717) is 0 Å². The van der Waals surface area contributed by atoms with Crippen molar-refractivity contribution in [3.63, 3.8) is 0 Å². The van der Waals surface area contributed by atoms with Crippen molar-refractivity contribution in [1.29, 1.82) is 5.26 Å². The van der Waals surface area contributed by atoms with Gasteiger partial charge >= 0.3 is 0 Å². The van der Waals surface area contributed by atoms with Crippen LogP contribution in [0.4, 0.5) is 0 Å². The Morgan fingerprint density at radius 3 is 2.85 bits per heavy atom. The summed E-state index contributed by atoms with van der Waals surface area (Å²) in [7, 11) is 0. The van der Waals surface area contributed by atoms with Crippen molar-refractivity contribution in [2.45, 2.75) is 26.4 Å². The van der Waals surface area contributed by atoms with Crippen molar-refractivity contribution < 1.29 is 4.74 Å². The minimum absolute atomic E-state index is 0.0482. The second-order valence-electron chi connectivity index (χ2n) is 4.37. The highest BCUT2D eigenvalue weighted by Gasteiger charge is 2.27. The van der Waals surface area contributed by atoms with E-state index in [-0.39, 0.29) is 11.5 Å². The largest absolute Gasteiger partial charge is 0.373 e. The smallest absolute Gasteiger partial charge is 0.0753 e. The summed E-state index contributed by atoms with van der Waals surface area (Å²) in [5.41, 5.74) is -0.0482. The molecule has 0 bridgehead atoms. The zero-order chi connectivity index (χ0) is 9.90. The van der Waals surface area contributed by atoms with E-state index in [1.807, 2.05) is 6.92 Å². The lowest BCUT2D eigenvalue weighted by molar-refractivity contribution is -0.0873. The molecule has 0 radical (unpaired) electrons.